The highest BCUT2D eigenvalue weighted by atomic mass is 16.5. The first kappa shape index (κ1) is 13.2. The summed E-state index contributed by atoms with van der Waals surface area (Å²) in [5.74, 6) is 8.07. The van der Waals surface area contributed by atoms with E-state index in [0.29, 0.717) is 30.5 Å². The first-order chi connectivity index (χ1) is 9.24. The van der Waals surface area contributed by atoms with Gasteiger partial charge in [0.2, 0.25) is 5.89 Å². The van der Waals surface area contributed by atoms with Crippen molar-refractivity contribution in [3.8, 4) is 0 Å². The summed E-state index contributed by atoms with van der Waals surface area (Å²) in [5.41, 5.74) is 3.52. The largest absolute Gasteiger partial charge is 0.369 e. The number of hydrogen-bond acceptors (Lipinski definition) is 8. The average Bonchev–Trinajstić information content (AvgIpc) is 2.84. The lowest BCUT2D eigenvalue weighted by Crippen LogP contribution is -2.15. The SMILES string of the molecule is CCc1c(NN)ncnc1NCCc1noc(C)n1. The second-order valence-corrected chi connectivity index (χ2v) is 3.95. The van der Waals surface area contributed by atoms with Gasteiger partial charge < -0.3 is 15.3 Å². The van der Waals surface area contributed by atoms with Gasteiger partial charge in [0.05, 0.1) is 0 Å². The van der Waals surface area contributed by atoms with Crippen molar-refractivity contribution in [3.05, 3.63) is 23.6 Å². The molecule has 0 bridgehead atoms. The van der Waals surface area contributed by atoms with Crippen LogP contribution in [0.25, 0.3) is 0 Å². The number of nitrogen functional groups attached to an aromatic ring is 1. The molecule has 0 fully saturated rings. The minimum Gasteiger partial charge on any atom is -0.369 e. The first-order valence-electron chi connectivity index (χ1n) is 6.08. The fraction of sp³-hybridized carbons (Fsp3) is 0.455. The van der Waals surface area contributed by atoms with Crippen molar-refractivity contribution in [3.63, 3.8) is 0 Å². The van der Waals surface area contributed by atoms with Gasteiger partial charge in [-0.1, -0.05) is 12.1 Å². The molecule has 0 unspecified atom stereocenters. The van der Waals surface area contributed by atoms with Gasteiger partial charge in [0.15, 0.2) is 5.82 Å². The lowest BCUT2D eigenvalue weighted by molar-refractivity contribution is 0.387. The monoisotopic (exact) mass is 263 g/mol. The number of hydrogen-bond donors (Lipinski definition) is 3. The number of aromatic nitrogens is 4. The average molecular weight is 263 g/mol. The summed E-state index contributed by atoms with van der Waals surface area (Å²) in [5, 5.41) is 7.06. The van der Waals surface area contributed by atoms with Crippen LogP contribution in [0.2, 0.25) is 0 Å². The Kier molecular flexibility index (Phi) is 4.24. The maximum absolute atomic E-state index is 5.42. The molecule has 102 valence electrons. The van der Waals surface area contributed by atoms with Crippen LogP contribution >= 0.6 is 0 Å². The predicted molar refractivity (Wildman–Crippen MR) is 70.4 cm³/mol. The highest BCUT2D eigenvalue weighted by Crippen LogP contribution is 2.19. The molecule has 0 aliphatic carbocycles. The third kappa shape index (κ3) is 3.16. The van der Waals surface area contributed by atoms with E-state index in [1.807, 2.05) is 6.92 Å². The zero-order valence-corrected chi connectivity index (χ0v) is 11.0. The standard InChI is InChI=1S/C11H17N7O/c1-3-8-10(14-6-15-11(8)17-12)13-5-4-9-16-7(2)19-18-9/h6H,3-5,12H2,1-2H3,(H2,13,14,15,17). The molecule has 4 N–H and O–H groups in total. The Morgan fingerprint density at radius 2 is 2.11 bits per heavy atom. The van der Waals surface area contributed by atoms with Crippen LogP contribution < -0.4 is 16.6 Å². The number of nitrogens with zero attached hydrogens (tertiary/aromatic N) is 4. The molecule has 2 heterocycles. The molecule has 2 rings (SSSR count). The molecule has 8 nitrogen and oxygen atoms in total. The zero-order chi connectivity index (χ0) is 13.7. The number of aryl methyl sites for hydroxylation is 1. The van der Waals surface area contributed by atoms with E-state index >= 15 is 0 Å². The Morgan fingerprint density at radius 1 is 1.32 bits per heavy atom. The molecule has 0 radical (unpaired) electrons. The summed E-state index contributed by atoms with van der Waals surface area (Å²) in [6.45, 7) is 4.45. The predicted octanol–water partition coefficient (Wildman–Crippen LogP) is 0.671. The normalized spacial score (nSPS) is 10.5. The molecule has 0 atom stereocenters. The van der Waals surface area contributed by atoms with Crippen LogP contribution in [0.15, 0.2) is 10.9 Å². The lowest BCUT2D eigenvalue weighted by Gasteiger charge is -2.11. The van der Waals surface area contributed by atoms with E-state index in [9.17, 15) is 0 Å². The number of hydrazine groups is 1. The van der Waals surface area contributed by atoms with Crippen LogP contribution in [0, 0.1) is 6.92 Å². The van der Waals surface area contributed by atoms with Crippen LogP contribution in [0.5, 0.6) is 0 Å². The van der Waals surface area contributed by atoms with E-state index in [-0.39, 0.29) is 0 Å². The molecule has 0 spiro atoms. The molecular weight excluding hydrogens is 246 g/mol. The third-order valence-electron chi connectivity index (χ3n) is 2.65. The van der Waals surface area contributed by atoms with E-state index < -0.39 is 0 Å². The molecular formula is C11H17N7O. The van der Waals surface area contributed by atoms with E-state index in [0.717, 1.165) is 17.8 Å². The van der Waals surface area contributed by atoms with Gasteiger partial charge in [-0.05, 0) is 6.42 Å². The summed E-state index contributed by atoms with van der Waals surface area (Å²) < 4.78 is 4.91. The second kappa shape index (κ2) is 6.10. The molecule has 0 saturated heterocycles. The van der Waals surface area contributed by atoms with Crippen LogP contribution in [0.3, 0.4) is 0 Å². The van der Waals surface area contributed by atoms with E-state index in [4.69, 9.17) is 10.4 Å². The first-order valence-corrected chi connectivity index (χ1v) is 6.08. The van der Waals surface area contributed by atoms with Crippen molar-refractivity contribution in [2.45, 2.75) is 26.7 Å². The second-order valence-electron chi connectivity index (χ2n) is 3.95. The molecule has 2 aromatic rings. The lowest BCUT2D eigenvalue weighted by atomic mass is 10.2. The Bertz CT molecular complexity index is 540. The van der Waals surface area contributed by atoms with Gasteiger partial charge in [0, 0.05) is 25.5 Å². The molecule has 8 heteroatoms. The van der Waals surface area contributed by atoms with Gasteiger partial charge in [-0.2, -0.15) is 4.98 Å². The summed E-state index contributed by atoms with van der Waals surface area (Å²) in [4.78, 5) is 12.4. The third-order valence-corrected chi connectivity index (χ3v) is 2.65. The van der Waals surface area contributed by atoms with Gasteiger partial charge in [0.25, 0.3) is 0 Å². The molecule has 0 aliphatic rings. The summed E-state index contributed by atoms with van der Waals surface area (Å²) in [6.07, 6.45) is 2.91. The van der Waals surface area contributed by atoms with E-state index in [1.165, 1.54) is 6.33 Å². The molecule has 2 aromatic heterocycles. The number of anilines is 2. The highest BCUT2D eigenvalue weighted by Gasteiger charge is 2.09. The van der Waals surface area contributed by atoms with Gasteiger partial charge in [-0.25, -0.2) is 15.8 Å². The fourth-order valence-corrected chi connectivity index (χ4v) is 1.76. The molecule has 0 aliphatic heterocycles. The smallest absolute Gasteiger partial charge is 0.223 e. The van der Waals surface area contributed by atoms with Crippen molar-refractivity contribution in [2.75, 3.05) is 17.3 Å². The minimum absolute atomic E-state index is 0.570. The summed E-state index contributed by atoms with van der Waals surface area (Å²) in [7, 11) is 0. The Balaban J connectivity index is 1.99. The molecule has 0 aromatic carbocycles. The topological polar surface area (TPSA) is 115 Å². The number of nitrogens with one attached hydrogen (secondary N) is 2. The van der Waals surface area contributed by atoms with Gasteiger partial charge in [-0.15, -0.1) is 0 Å². The number of rotatable bonds is 6. The number of nitrogens with two attached hydrogens (primary N) is 1. The van der Waals surface area contributed by atoms with Crippen molar-refractivity contribution in [1.29, 1.82) is 0 Å². The van der Waals surface area contributed by atoms with Crippen LogP contribution in [0.4, 0.5) is 11.6 Å². The molecule has 19 heavy (non-hydrogen) atoms. The maximum atomic E-state index is 5.42. The Labute approximate surface area is 110 Å². The fourth-order valence-electron chi connectivity index (χ4n) is 1.76. The van der Waals surface area contributed by atoms with Crippen LogP contribution in [0.1, 0.15) is 24.2 Å². The minimum atomic E-state index is 0.570. The van der Waals surface area contributed by atoms with Gasteiger partial charge in [-0.3, -0.25) is 0 Å². The quantitative estimate of drug-likeness (QED) is 0.514. The van der Waals surface area contributed by atoms with Crippen molar-refractivity contribution in [2.24, 2.45) is 5.84 Å². The van der Waals surface area contributed by atoms with Crippen LogP contribution in [-0.2, 0) is 12.8 Å². The Morgan fingerprint density at radius 3 is 2.74 bits per heavy atom. The van der Waals surface area contributed by atoms with Gasteiger partial charge in [0.1, 0.15) is 18.0 Å². The summed E-state index contributed by atoms with van der Waals surface area (Å²) >= 11 is 0. The van der Waals surface area contributed by atoms with Crippen LogP contribution in [-0.4, -0.2) is 26.7 Å². The molecule has 0 amide bonds. The Hall–Kier alpha value is -2.22. The maximum Gasteiger partial charge on any atom is 0.223 e. The summed E-state index contributed by atoms with van der Waals surface area (Å²) in [6, 6.07) is 0. The van der Waals surface area contributed by atoms with E-state index in [1.54, 1.807) is 6.92 Å². The zero-order valence-electron chi connectivity index (χ0n) is 11.0. The van der Waals surface area contributed by atoms with Crippen molar-refractivity contribution < 1.29 is 4.52 Å². The van der Waals surface area contributed by atoms with Crippen molar-refractivity contribution >= 4 is 11.6 Å². The van der Waals surface area contributed by atoms with E-state index in [2.05, 4.69) is 30.9 Å². The highest BCUT2D eigenvalue weighted by molar-refractivity contribution is 5.56. The molecule has 0 saturated carbocycles. The van der Waals surface area contributed by atoms with Gasteiger partial charge >= 0.3 is 0 Å². The van der Waals surface area contributed by atoms with Crippen molar-refractivity contribution in [1.82, 2.24) is 20.1 Å².